The van der Waals surface area contributed by atoms with Crippen molar-refractivity contribution in [2.24, 2.45) is 5.84 Å². The second-order valence-corrected chi connectivity index (χ2v) is 3.77. The average molecular weight is 312 g/mol. The topological polar surface area (TPSA) is 154 Å². The second-order valence-electron chi connectivity index (χ2n) is 3.77. The number of anilines is 1. The van der Waals surface area contributed by atoms with Crippen molar-refractivity contribution in [2.45, 2.75) is 0 Å². The van der Waals surface area contributed by atoms with Crippen LogP contribution < -0.4 is 51.7 Å². The van der Waals surface area contributed by atoms with Gasteiger partial charge in [-0.05, 0) is 24.3 Å². The number of aromatic nitrogens is 1. The first kappa shape index (κ1) is 19.9. The number of benzene rings is 1. The molecule has 0 aliphatic carbocycles. The van der Waals surface area contributed by atoms with E-state index in [1.54, 1.807) is 12.1 Å². The van der Waals surface area contributed by atoms with Crippen LogP contribution >= 0.6 is 0 Å². The Bertz CT molecular complexity index is 637. The van der Waals surface area contributed by atoms with Gasteiger partial charge in [-0.1, -0.05) is 0 Å². The number of aromatic hydroxyl groups is 1. The molecule has 22 heavy (non-hydrogen) atoms. The van der Waals surface area contributed by atoms with Gasteiger partial charge >= 0.3 is 29.6 Å². The van der Waals surface area contributed by atoms with Crippen LogP contribution in [0.3, 0.4) is 0 Å². The summed E-state index contributed by atoms with van der Waals surface area (Å²) in [7, 11) is 0. The minimum absolute atomic E-state index is 0. The van der Waals surface area contributed by atoms with Gasteiger partial charge in [0.15, 0.2) is 0 Å². The predicted molar refractivity (Wildman–Crippen MR) is 72.7 cm³/mol. The number of carbonyl (C=O) groups excluding carboxylic acids is 2. The van der Waals surface area contributed by atoms with E-state index in [2.05, 4.69) is 4.98 Å². The summed E-state index contributed by atoms with van der Waals surface area (Å²) in [5.74, 6) is 2.80. The summed E-state index contributed by atoms with van der Waals surface area (Å²) < 4.78 is 0. The largest absolute Gasteiger partial charge is 1.00 e. The van der Waals surface area contributed by atoms with E-state index in [0.717, 1.165) is 6.07 Å². The molecule has 0 aliphatic heterocycles. The zero-order chi connectivity index (χ0) is 15.8. The minimum atomic E-state index is -1.41. The number of nitrogen functional groups attached to an aromatic ring is 2. The van der Waals surface area contributed by atoms with Crippen LogP contribution in [-0.4, -0.2) is 22.0 Å². The molecule has 8 nitrogen and oxygen atoms in total. The van der Waals surface area contributed by atoms with Crippen LogP contribution in [0.15, 0.2) is 42.7 Å². The number of nitrogens with two attached hydrogens (primary N) is 2. The number of phenols is 1. The molecule has 0 unspecified atom stereocenters. The zero-order valence-electron chi connectivity index (χ0n) is 11.8. The number of nitrogens with zero attached hydrogens (tertiary/aromatic N) is 1. The fourth-order valence-corrected chi connectivity index (χ4v) is 1.31. The Balaban J connectivity index is 0.000000385. The Morgan fingerprint density at radius 3 is 2.23 bits per heavy atom. The molecule has 2 rings (SSSR count). The van der Waals surface area contributed by atoms with Gasteiger partial charge in [0.2, 0.25) is 0 Å². The smallest absolute Gasteiger partial charge is 0.545 e. The minimum Gasteiger partial charge on any atom is -0.545 e. The molecule has 0 spiro atoms. The molecular weight excluding hydrogens is 299 g/mol. The van der Waals surface area contributed by atoms with Crippen molar-refractivity contribution >= 4 is 17.6 Å². The van der Waals surface area contributed by atoms with Crippen molar-refractivity contribution in [1.29, 1.82) is 0 Å². The zero-order valence-corrected chi connectivity index (χ0v) is 13.8. The van der Waals surface area contributed by atoms with Gasteiger partial charge in [-0.3, -0.25) is 15.2 Å². The molecule has 1 heterocycles. The molecule has 0 bridgehead atoms. The molecule has 0 saturated carbocycles. The summed E-state index contributed by atoms with van der Waals surface area (Å²) in [5, 5.41) is 19.2. The van der Waals surface area contributed by atoms with E-state index in [9.17, 15) is 14.7 Å². The fraction of sp³-hybridized carbons (Fsp3) is 0. The first-order valence-corrected chi connectivity index (χ1v) is 5.66. The maximum absolute atomic E-state index is 10.7. The van der Waals surface area contributed by atoms with E-state index in [1.165, 1.54) is 24.5 Å². The van der Waals surface area contributed by atoms with E-state index >= 15 is 0 Å². The molecule has 1 aromatic carbocycles. The van der Waals surface area contributed by atoms with Gasteiger partial charge < -0.3 is 20.7 Å². The molecule has 1 aromatic heterocycles. The number of amides is 1. The Morgan fingerprint density at radius 2 is 1.77 bits per heavy atom. The molecule has 9 heteroatoms. The van der Waals surface area contributed by atoms with E-state index in [1.807, 2.05) is 5.43 Å². The quantitative estimate of drug-likeness (QED) is 0.145. The van der Waals surface area contributed by atoms with Crippen molar-refractivity contribution in [3.05, 3.63) is 53.9 Å². The third-order valence-corrected chi connectivity index (χ3v) is 2.32. The summed E-state index contributed by atoms with van der Waals surface area (Å²) in [6.07, 6.45) is 3.06. The van der Waals surface area contributed by atoms with E-state index in [0.29, 0.717) is 11.3 Å². The Hall–Kier alpha value is -2.13. The van der Waals surface area contributed by atoms with Crippen LogP contribution in [0.1, 0.15) is 20.7 Å². The van der Waals surface area contributed by atoms with Crippen molar-refractivity contribution in [3.8, 4) is 5.75 Å². The van der Waals surface area contributed by atoms with Gasteiger partial charge in [0.1, 0.15) is 5.75 Å². The SMILES string of the molecule is NNC(=O)c1ccncc1.Nc1ccc(C(=O)[O-])c(O)c1.[Na+]. The van der Waals surface area contributed by atoms with Gasteiger partial charge in [0, 0.05) is 35.3 Å². The molecular formula is C13H13N4NaO4. The molecule has 0 saturated heterocycles. The van der Waals surface area contributed by atoms with Gasteiger partial charge in [-0.2, -0.15) is 0 Å². The first-order valence-electron chi connectivity index (χ1n) is 5.66. The van der Waals surface area contributed by atoms with Crippen LogP contribution in [0, 0.1) is 0 Å². The van der Waals surface area contributed by atoms with Crippen LogP contribution in [0.4, 0.5) is 5.69 Å². The average Bonchev–Trinajstić information content (AvgIpc) is 2.47. The maximum atomic E-state index is 10.7. The summed E-state index contributed by atoms with van der Waals surface area (Å²) in [6.45, 7) is 0. The molecule has 6 N–H and O–H groups in total. The number of nitrogens with one attached hydrogen (secondary N) is 1. The summed E-state index contributed by atoms with van der Waals surface area (Å²) >= 11 is 0. The number of hydrazine groups is 1. The van der Waals surface area contributed by atoms with E-state index in [-0.39, 0.29) is 46.8 Å². The molecule has 2 aromatic rings. The number of carboxylic acids is 1. The van der Waals surface area contributed by atoms with Crippen LogP contribution in [0.5, 0.6) is 5.75 Å². The normalized spacial score (nSPS) is 8.77. The third-order valence-electron chi connectivity index (χ3n) is 2.32. The van der Waals surface area contributed by atoms with Crippen molar-refractivity contribution < 1.29 is 49.4 Å². The number of hydrogen-bond donors (Lipinski definition) is 4. The monoisotopic (exact) mass is 312 g/mol. The van der Waals surface area contributed by atoms with Gasteiger partial charge in [0.25, 0.3) is 5.91 Å². The standard InChI is InChI=1S/C7H7NO3.C6H7N3O.Na/c8-4-1-2-5(7(10)11)6(9)3-4;7-9-6(10)5-1-3-8-4-2-5;/h1-3,9H,8H2,(H,10,11);1-4H,7H2,(H,9,10);/q;;+1/p-1. The van der Waals surface area contributed by atoms with E-state index in [4.69, 9.17) is 16.7 Å². The molecule has 1 amide bonds. The first-order chi connectivity index (χ1) is 9.95. The molecule has 0 fully saturated rings. The predicted octanol–water partition coefficient (Wildman–Crippen LogP) is -3.97. The van der Waals surface area contributed by atoms with Crippen molar-refractivity contribution in [3.63, 3.8) is 0 Å². The van der Waals surface area contributed by atoms with Gasteiger partial charge in [-0.25, -0.2) is 5.84 Å². The third kappa shape index (κ3) is 6.10. The second kappa shape index (κ2) is 9.74. The molecule has 0 radical (unpaired) electrons. The number of carbonyl (C=O) groups is 2. The van der Waals surface area contributed by atoms with Gasteiger partial charge in [-0.15, -0.1) is 0 Å². The Morgan fingerprint density at radius 1 is 1.18 bits per heavy atom. The van der Waals surface area contributed by atoms with E-state index < -0.39 is 5.97 Å². The molecule has 0 aliphatic rings. The number of carboxylic acid groups (broad SMARTS) is 1. The van der Waals surface area contributed by atoms with Crippen molar-refractivity contribution in [2.75, 3.05) is 5.73 Å². The van der Waals surface area contributed by atoms with Crippen LogP contribution in [-0.2, 0) is 0 Å². The van der Waals surface area contributed by atoms with Crippen LogP contribution in [0.2, 0.25) is 0 Å². The number of hydrogen-bond acceptors (Lipinski definition) is 7. The summed E-state index contributed by atoms with van der Waals surface area (Å²) in [5.41, 5.74) is 7.84. The Labute approximate surface area is 148 Å². The van der Waals surface area contributed by atoms with Crippen molar-refractivity contribution in [1.82, 2.24) is 10.4 Å². The Kier molecular flexibility index (Phi) is 8.80. The molecule has 110 valence electrons. The number of rotatable bonds is 2. The van der Waals surface area contributed by atoms with Crippen LogP contribution in [0.25, 0.3) is 0 Å². The molecule has 0 atom stereocenters. The maximum Gasteiger partial charge on any atom is 1.00 e. The summed E-state index contributed by atoms with van der Waals surface area (Å²) in [4.78, 5) is 24.7. The number of pyridine rings is 1. The number of aromatic carboxylic acids is 1. The van der Waals surface area contributed by atoms with Gasteiger partial charge in [0.05, 0.1) is 5.97 Å². The fourth-order valence-electron chi connectivity index (χ4n) is 1.31. The summed E-state index contributed by atoms with van der Waals surface area (Å²) in [6, 6.07) is 6.90.